The molecule has 0 spiro atoms. The third-order valence-electron chi connectivity index (χ3n) is 4.03. The first kappa shape index (κ1) is 14.6. The van der Waals surface area contributed by atoms with Crippen LogP contribution in [0, 0.1) is 11.8 Å². The highest BCUT2D eigenvalue weighted by atomic mass is 32.2. The van der Waals surface area contributed by atoms with Crippen molar-refractivity contribution in [1.29, 1.82) is 0 Å². The fourth-order valence-corrected chi connectivity index (χ4v) is 4.56. The predicted molar refractivity (Wildman–Crippen MR) is 71.5 cm³/mol. The lowest BCUT2D eigenvalue weighted by Crippen LogP contribution is -2.46. The molecule has 0 aromatic carbocycles. The number of carbonyl (C=O) groups excluding carboxylic acids is 1. The van der Waals surface area contributed by atoms with Crippen molar-refractivity contribution in [3.05, 3.63) is 0 Å². The van der Waals surface area contributed by atoms with Crippen LogP contribution in [0.2, 0.25) is 0 Å². The molecule has 2 aliphatic rings. The molecule has 110 valence electrons. The van der Waals surface area contributed by atoms with E-state index < -0.39 is 9.84 Å². The molecule has 2 amide bonds. The summed E-state index contributed by atoms with van der Waals surface area (Å²) in [5.41, 5.74) is 0. The first-order chi connectivity index (χ1) is 9.00. The molecular weight excluding hydrogens is 268 g/mol. The van der Waals surface area contributed by atoms with Gasteiger partial charge in [-0.15, -0.1) is 0 Å². The molecule has 6 nitrogen and oxygen atoms in total. The highest BCUT2D eigenvalue weighted by Crippen LogP contribution is 2.18. The van der Waals surface area contributed by atoms with Gasteiger partial charge in [0.1, 0.15) is 0 Å². The van der Waals surface area contributed by atoms with Crippen LogP contribution in [0.4, 0.5) is 4.79 Å². The minimum absolute atomic E-state index is 0.0592. The van der Waals surface area contributed by atoms with Gasteiger partial charge >= 0.3 is 6.03 Å². The number of rotatable bonds is 3. The zero-order valence-corrected chi connectivity index (χ0v) is 11.9. The van der Waals surface area contributed by atoms with Crippen LogP contribution in [0.1, 0.15) is 19.3 Å². The van der Waals surface area contributed by atoms with Crippen LogP contribution in [-0.2, 0) is 9.84 Å². The first-order valence-electron chi connectivity index (χ1n) is 6.84. The van der Waals surface area contributed by atoms with Crippen molar-refractivity contribution in [2.45, 2.75) is 19.3 Å². The van der Waals surface area contributed by atoms with Crippen molar-refractivity contribution >= 4 is 15.9 Å². The maximum absolute atomic E-state index is 11.9. The number of urea groups is 1. The minimum atomic E-state index is -2.87. The molecule has 2 saturated heterocycles. The Kier molecular flexibility index (Phi) is 4.67. The average molecular weight is 290 g/mol. The molecule has 2 rings (SSSR count). The van der Waals surface area contributed by atoms with Gasteiger partial charge in [0.05, 0.1) is 11.5 Å². The van der Waals surface area contributed by atoms with Crippen LogP contribution in [-0.4, -0.2) is 62.2 Å². The van der Waals surface area contributed by atoms with E-state index in [0.717, 1.165) is 12.8 Å². The molecule has 19 heavy (non-hydrogen) atoms. The summed E-state index contributed by atoms with van der Waals surface area (Å²) < 4.78 is 22.6. The van der Waals surface area contributed by atoms with E-state index in [1.165, 1.54) is 0 Å². The van der Waals surface area contributed by atoms with E-state index in [0.29, 0.717) is 32.0 Å². The smallest absolute Gasteiger partial charge is 0.317 e. The number of hydrogen-bond donors (Lipinski definition) is 2. The lowest BCUT2D eigenvalue weighted by Gasteiger charge is -2.31. The molecule has 0 unspecified atom stereocenters. The van der Waals surface area contributed by atoms with Crippen molar-refractivity contribution < 1.29 is 18.3 Å². The second-order valence-electron chi connectivity index (χ2n) is 5.57. The normalized spacial score (nSPS) is 27.4. The lowest BCUT2D eigenvalue weighted by atomic mass is 9.98. The number of aliphatic hydroxyl groups excluding tert-OH is 1. The Balaban J connectivity index is 1.71. The Morgan fingerprint density at radius 1 is 1.21 bits per heavy atom. The van der Waals surface area contributed by atoms with E-state index in [2.05, 4.69) is 5.32 Å². The van der Waals surface area contributed by atoms with E-state index in [4.69, 9.17) is 5.11 Å². The summed E-state index contributed by atoms with van der Waals surface area (Å²) in [4.78, 5) is 13.7. The molecule has 0 radical (unpaired) electrons. The highest BCUT2D eigenvalue weighted by Gasteiger charge is 2.29. The second-order valence-corrected chi connectivity index (χ2v) is 7.80. The van der Waals surface area contributed by atoms with Gasteiger partial charge in [-0.3, -0.25) is 0 Å². The summed E-state index contributed by atoms with van der Waals surface area (Å²) in [6, 6.07) is -0.110. The van der Waals surface area contributed by atoms with Gasteiger partial charge in [0, 0.05) is 26.2 Å². The van der Waals surface area contributed by atoms with Gasteiger partial charge in [0.25, 0.3) is 0 Å². The van der Waals surface area contributed by atoms with E-state index >= 15 is 0 Å². The molecule has 0 aromatic heterocycles. The van der Waals surface area contributed by atoms with Crippen LogP contribution in [0.5, 0.6) is 0 Å². The number of nitrogens with one attached hydrogen (secondary N) is 1. The van der Waals surface area contributed by atoms with Crippen LogP contribution < -0.4 is 5.32 Å². The van der Waals surface area contributed by atoms with Crippen molar-refractivity contribution in [1.82, 2.24) is 10.2 Å². The second kappa shape index (κ2) is 6.09. The van der Waals surface area contributed by atoms with Gasteiger partial charge in [-0.05, 0) is 31.1 Å². The molecule has 7 heteroatoms. The largest absolute Gasteiger partial charge is 0.396 e. The van der Waals surface area contributed by atoms with E-state index in [1.807, 2.05) is 0 Å². The number of sulfone groups is 1. The van der Waals surface area contributed by atoms with Gasteiger partial charge in [-0.1, -0.05) is 0 Å². The van der Waals surface area contributed by atoms with Crippen LogP contribution in [0.15, 0.2) is 0 Å². The Labute approximate surface area is 114 Å². The summed E-state index contributed by atoms with van der Waals surface area (Å²) in [7, 11) is -2.87. The third kappa shape index (κ3) is 4.07. The number of likely N-dealkylation sites (tertiary alicyclic amines) is 1. The van der Waals surface area contributed by atoms with Gasteiger partial charge in [-0.25, -0.2) is 13.2 Å². The Morgan fingerprint density at radius 3 is 2.42 bits per heavy atom. The summed E-state index contributed by atoms with van der Waals surface area (Å²) >= 11 is 0. The third-order valence-corrected chi connectivity index (χ3v) is 5.87. The molecule has 2 heterocycles. The zero-order valence-electron chi connectivity index (χ0n) is 11.0. The Bertz CT molecular complexity index is 415. The minimum Gasteiger partial charge on any atom is -0.396 e. The zero-order chi connectivity index (χ0) is 13.9. The molecule has 2 fully saturated rings. The van der Waals surface area contributed by atoms with Crippen molar-refractivity contribution in [3.8, 4) is 0 Å². The summed E-state index contributed by atoms with van der Waals surface area (Å²) in [5, 5.41) is 11.9. The molecule has 0 aromatic rings. The fourth-order valence-electron chi connectivity index (χ4n) is 2.70. The summed E-state index contributed by atoms with van der Waals surface area (Å²) in [6.07, 6.45) is 2.32. The lowest BCUT2D eigenvalue weighted by molar-refractivity contribution is 0.137. The number of nitrogens with zero attached hydrogens (tertiary/aromatic N) is 1. The monoisotopic (exact) mass is 290 g/mol. The van der Waals surface area contributed by atoms with Gasteiger partial charge < -0.3 is 15.3 Å². The molecule has 0 bridgehead atoms. The van der Waals surface area contributed by atoms with E-state index in [-0.39, 0.29) is 30.1 Å². The number of aliphatic hydroxyl groups is 1. The van der Waals surface area contributed by atoms with Gasteiger partial charge in [-0.2, -0.15) is 0 Å². The average Bonchev–Trinajstić information content (AvgIpc) is 2.76. The maximum atomic E-state index is 11.9. The van der Waals surface area contributed by atoms with Gasteiger partial charge in [0.15, 0.2) is 9.84 Å². The molecule has 0 saturated carbocycles. The molecule has 2 aliphatic heterocycles. The first-order valence-corrected chi connectivity index (χ1v) is 8.66. The van der Waals surface area contributed by atoms with Crippen LogP contribution in [0.25, 0.3) is 0 Å². The topological polar surface area (TPSA) is 86.7 Å². The number of hydrogen-bond acceptors (Lipinski definition) is 4. The molecule has 0 aliphatic carbocycles. The Hall–Kier alpha value is -0.820. The van der Waals surface area contributed by atoms with Gasteiger partial charge in [0.2, 0.25) is 0 Å². The molecule has 2 N–H and O–H groups in total. The highest BCUT2D eigenvalue weighted by molar-refractivity contribution is 7.91. The van der Waals surface area contributed by atoms with Crippen LogP contribution >= 0.6 is 0 Å². The molecular formula is C12H22N2O4S. The molecule has 1 atom stereocenters. The quantitative estimate of drug-likeness (QED) is 0.756. The number of piperidine rings is 1. The van der Waals surface area contributed by atoms with E-state index in [1.54, 1.807) is 4.90 Å². The van der Waals surface area contributed by atoms with Crippen molar-refractivity contribution in [3.63, 3.8) is 0 Å². The maximum Gasteiger partial charge on any atom is 0.317 e. The van der Waals surface area contributed by atoms with Crippen molar-refractivity contribution in [2.24, 2.45) is 11.8 Å². The van der Waals surface area contributed by atoms with Crippen molar-refractivity contribution in [2.75, 3.05) is 37.7 Å². The number of amides is 2. The Morgan fingerprint density at radius 2 is 1.89 bits per heavy atom. The summed E-state index contributed by atoms with van der Waals surface area (Å²) in [5.74, 6) is 0.808. The standard InChI is InChI=1S/C12H22N2O4S/c15-8-10-1-4-14(5-2-10)12(16)13-7-11-3-6-19(17,18)9-11/h10-11,15H,1-9H2,(H,13,16)/t11-/m1/s1. The summed E-state index contributed by atoms with van der Waals surface area (Å²) in [6.45, 7) is 1.97. The SMILES string of the molecule is O=C(NC[C@H]1CCS(=O)(=O)C1)N1CCC(CO)CC1. The fraction of sp³-hybridized carbons (Fsp3) is 0.917. The van der Waals surface area contributed by atoms with E-state index in [9.17, 15) is 13.2 Å². The predicted octanol–water partition coefficient (Wildman–Crippen LogP) is -0.165. The number of carbonyl (C=O) groups is 1. The van der Waals surface area contributed by atoms with Crippen LogP contribution in [0.3, 0.4) is 0 Å².